The van der Waals surface area contributed by atoms with E-state index in [0.29, 0.717) is 28.4 Å². The molecule has 1 N–H and O–H groups in total. The standard InChI is InChI=1S/C16H24Cl2N2O/c1-3-20-7-5-6-13(20)11-19-10-12-8-14(17)16(21-4-2)15(18)9-12/h8-9,13,19H,3-7,10-11H2,1-2H3/t13-/m1/s1. The highest BCUT2D eigenvalue weighted by atomic mass is 35.5. The molecule has 1 atom stereocenters. The molecule has 0 saturated carbocycles. The third kappa shape index (κ3) is 4.49. The highest BCUT2D eigenvalue weighted by molar-refractivity contribution is 6.37. The molecule has 1 saturated heterocycles. The molecule has 1 aliphatic rings. The molecule has 0 radical (unpaired) electrons. The third-order valence-electron chi connectivity index (χ3n) is 3.96. The molecule has 1 aliphatic heterocycles. The molecule has 2 rings (SSSR count). The Morgan fingerprint density at radius 1 is 1.29 bits per heavy atom. The van der Waals surface area contributed by atoms with Crippen LogP contribution in [0.5, 0.6) is 5.75 Å². The molecule has 0 amide bonds. The quantitative estimate of drug-likeness (QED) is 0.818. The van der Waals surface area contributed by atoms with Crippen molar-refractivity contribution in [3.63, 3.8) is 0 Å². The Balaban J connectivity index is 1.89. The second kappa shape index (κ2) is 8.23. The first-order chi connectivity index (χ1) is 10.2. The van der Waals surface area contributed by atoms with E-state index in [4.69, 9.17) is 27.9 Å². The maximum atomic E-state index is 6.22. The van der Waals surface area contributed by atoms with E-state index in [1.165, 1.54) is 19.4 Å². The van der Waals surface area contributed by atoms with Gasteiger partial charge in [0.05, 0.1) is 16.7 Å². The SMILES string of the molecule is CCOc1c(Cl)cc(CNC[C@H]2CCCN2CC)cc1Cl. The van der Waals surface area contributed by atoms with Gasteiger partial charge >= 0.3 is 0 Å². The molecule has 118 valence electrons. The van der Waals surface area contributed by atoms with E-state index in [2.05, 4.69) is 17.1 Å². The van der Waals surface area contributed by atoms with Gasteiger partial charge in [0.2, 0.25) is 0 Å². The van der Waals surface area contributed by atoms with Crippen molar-refractivity contribution in [2.45, 2.75) is 39.3 Å². The lowest BCUT2D eigenvalue weighted by Crippen LogP contribution is -2.37. The molecule has 0 aliphatic carbocycles. The minimum atomic E-state index is 0.561. The van der Waals surface area contributed by atoms with Crippen molar-refractivity contribution in [3.8, 4) is 5.75 Å². The average molecular weight is 331 g/mol. The normalized spacial score (nSPS) is 19.1. The fraction of sp³-hybridized carbons (Fsp3) is 0.625. The van der Waals surface area contributed by atoms with E-state index in [-0.39, 0.29) is 0 Å². The van der Waals surface area contributed by atoms with Crippen molar-refractivity contribution >= 4 is 23.2 Å². The van der Waals surface area contributed by atoms with Crippen molar-refractivity contribution in [2.75, 3.05) is 26.2 Å². The number of nitrogens with zero attached hydrogens (tertiary/aromatic N) is 1. The summed E-state index contributed by atoms with van der Waals surface area (Å²) in [4.78, 5) is 2.53. The lowest BCUT2D eigenvalue weighted by atomic mass is 10.2. The van der Waals surface area contributed by atoms with Gasteiger partial charge in [-0.2, -0.15) is 0 Å². The monoisotopic (exact) mass is 330 g/mol. The number of hydrogen-bond donors (Lipinski definition) is 1. The second-order valence-electron chi connectivity index (χ2n) is 5.38. The Kier molecular flexibility index (Phi) is 6.62. The minimum absolute atomic E-state index is 0.561. The zero-order chi connectivity index (χ0) is 15.2. The summed E-state index contributed by atoms with van der Waals surface area (Å²) in [6, 6.07) is 4.51. The topological polar surface area (TPSA) is 24.5 Å². The summed E-state index contributed by atoms with van der Waals surface area (Å²) >= 11 is 12.4. The fourth-order valence-corrected chi connectivity index (χ4v) is 3.56. The van der Waals surface area contributed by atoms with E-state index in [0.717, 1.165) is 25.2 Å². The van der Waals surface area contributed by atoms with Crippen LogP contribution in [-0.4, -0.2) is 37.2 Å². The van der Waals surface area contributed by atoms with Gasteiger partial charge < -0.3 is 10.1 Å². The van der Waals surface area contributed by atoms with Gasteiger partial charge in [0.1, 0.15) is 0 Å². The number of likely N-dealkylation sites (N-methyl/N-ethyl adjacent to an activating group) is 1. The number of nitrogens with one attached hydrogen (secondary N) is 1. The predicted octanol–water partition coefficient (Wildman–Crippen LogP) is 3.97. The number of likely N-dealkylation sites (tertiary alicyclic amines) is 1. The highest BCUT2D eigenvalue weighted by Gasteiger charge is 2.22. The van der Waals surface area contributed by atoms with E-state index in [1.54, 1.807) is 0 Å². The van der Waals surface area contributed by atoms with Crippen molar-refractivity contribution in [1.29, 1.82) is 0 Å². The molecule has 1 aromatic carbocycles. The van der Waals surface area contributed by atoms with Crippen molar-refractivity contribution < 1.29 is 4.74 Å². The maximum Gasteiger partial charge on any atom is 0.156 e. The Bertz CT molecular complexity index is 445. The molecule has 5 heteroatoms. The molecule has 21 heavy (non-hydrogen) atoms. The van der Waals surface area contributed by atoms with Gasteiger partial charge in [-0.05, 0) is 50.6 Å². The number of benzene rings is 1. The lowest BCUT2D eigenvalue weighted by Gasteiger charge is -2.23. The van der Waals surface area contributed by atoms with Gasteiger partial charge in [0, 0.05) is 19.1 Å². The van der Waals surface area contributed by atoms with Gasteiger partial charge in [0.15, 0.2) is 5.75 Å². The van der Waals surface area contributed by atoms with Crippen LogP contribution in [-0.2, 0) is 6.54 Å². The van der Waals surface area contributed by atoms with E-state index in [9.17, 15) is 0 Å². The maximum absolute atomic E-state index is 6.22. The van der Waals surface area contributed by atoms with Crippen LogP contribution < -0.4 is 10.1 Å². The summed E-state index contributed by atoms with van der Waals surface area (Å²) < 4.78 is 5.45. The Hall–Kier alpha value is -0.480. The first kappa shape index (κ1) is 16.9. The van der Waals surface area contributed by atoms with Crippen LogP contribution in [0.4, 0.5) is 0 Å². The molecular formula is C16H24Cl2N2O. The number of hydrogen-bond acceptors (Lipinski definition) is 3. The zero-order valence-electron chi connectivity index (χ0n) is 12.8. The van der Waals surface area contributed by atoms with Crippen LogP contribution >= 0.6 is 23.2 Å². The van der Waals surface area contributed by atoms with Gasteiger partial charge in [-0.1, -0.05) is 30.1 Å². The predicted molar refractivity (Wildman–Crippen MR) is 89.6 cm³/mol. The molecule has 1 aromatic rings. The third-order valence-corrected chi connectivity index (χ3v) is 4.52. The smallest absolute Gasteiger partial charge is 0.156 e. The summed E-state index contributed by atoms with van der Waals surface area (Å²) in [7, 11) is 0. The van der Waals surface area contributed by atoms with Crippen LogP contribution in [0, 0.1) is 0 Å². The van der Waals surface area contributed by atoms with Crippen molar-refractivity contribution in [1.82, 2.24) is 10.2 Å². The molecule has 0 aromatic heterocycles. The summed E-state index contributed by atoms with van der Waals surface area (Å²) in [6.07, 6.45) is 2.59. The van der Waals surface area contributed by atoms with Crippen LogP contribution in [0.25, 0.3) is 0 Å². The minimum Gasteiger partial charge on any atom is -0.491 e. The molecule has 1 fully saturated rings. The first-order valence-electron chi connectivity index (χ1n) is 7.71. The summed E-state index contributed by atoms with van der Waals surface area (Å²) in [5.41, 5.74) is 1.09. The van der Waals surface area contributed by atoms with Gasteiger partial charge in [-0.15, -0.1) is 0 Å². The zero-order valence-corrected chi connectivity index (χ0v) is 14.3. The van der Waals surface area contributed by atoms with Crippen molar-refractivity contribution in [3.05, 3.63) is 27.7 Å². The number of rotatable bonds is 7. The van der Waals surface area contributed by atoms with Crippen LogP contribution in [0.1, 0.15) is 32.3 Å². The molecule has 0 unspecified atom stereocenters. The fourth-order valence-electron chi connectivity index (χ4n) is 2.92. The molecule has 1 heterocycles. The van der Waals surface area contributed by atoms with Crippen LogP contribution in [0.2, 0.25) is 10.0 Å². The Morgan fingerprint density at radius 2 is 2.00 bits per heavy atom. The first-order valence-corrected chi connectivity index (χ1v) is 8.46. The van der Waals surface area contributed by atoms with Gasteiger partial charge in [-0.3, -0.25) is 4.90 Å². The summed E-state index contributed by atoms with van der Waals surface area (Å²) in [6.45, 7) is 8.85. The van der Waals surface area contributed by atoms with Gasteiger partial charge in [-0.25, -0.2) is 0 Å². The van der Waals surface area contributed by atoms with Crippen molar-refractivity contribution in [2.24, 2.45) is 0 Å². The highest BCUT2D eigenvalue weighted by Crippen LogP contribution is 2.34. The van der Waals surface area contributed by atoms with E-state index >= 15 is 0 Å². The second-order valence-corrected chi connectivity index (χ2v) is 6.19. The molecule has 0 bridgehead atoms. The molecular weight excluding hydrogens is 307 g/mol. The summed E-state index contributed by atoms with van der Waals surface area (Å²) in [5.74, 6) is 0.581. The Labute approximate surface area is 137 Å². The number of ether oxygens (including phenoxy) is 1. The Morgan fingerprint density at radius 3 is 2.62 bits per heavy atom. The molecule has 0 spiro atoms. The van der Waals surface area contributed by atoms with Crippen LogP contribution in [0.15, 0.2) is 12.1 Å². The van der Waals surface area contributed by atoms with E-state index in [1.807, 2.05) is 19.1 Å². The largest absolute Gasteiger partial charge is 0.491 e. The number of halogens is 2. The summed E-state index contributed by atoms with van der Waals surface area (Å²) in [5, 5.41) is 4.68. The lowest BCUT2D eigenvalue weighted by molar-refractivity contribution is 0.260. The van der Waals surface area contributed by atoms with Crippen LogP contribution in [0.3, 0.4) is 0 Å². The van der Waals surface area contributed by atoms with Gasteiger partial charge in [0.25, 0.3) is 0 Å². The van der Waals surface area contributed by atoms with E-state index < -0.39 is 0 Å². The molecule has 3 nitrogen and oxygen atoms in total. The average Bonchev–Trinajstić information content (AvgIpc) is 2.90.